The van der Waals surface area contributed by atoms with Crippen LogP contribution in [0.25, 0.3) is 0 Å². The number of carbonyl (C=O) groups is 1. The molecule has 21 heavy (non-hydrogen) atoms. The average molecular weight is 304 g/mol. The predicted octanol–water partition coefficient (Wildman–Crippen LogP) is 4.20. The summed E-state index contributed by atoms with van der Waals surface area (Å²) in [7, 11) is 1.59. The molecule has 2 rings (SSSR count). The molecule has 1 heterocycles. The summed E-state index contributed by atoms with van der Waals surface area (Å²) in [5.74, 6) is 0.530. The molecule has 2 aromatic rings. The van der Waals surface area contributed by atoms with Crippen molar-refractivity contribution in [1.82, 2.24) is 0 Å². The second-order valence-corrected chi connectivity index (χ2v) is 5.88. The Kier molecular flexibility index (Phi) is 4.85. The summed E-state index contributed by atoms with van der Waals surface area (Å²) in [5.41, 5.74) is 2.93. The van der Waals surface area contributed by atoms with Gasteiger partial charge in [0.05, 0.1) is 18.8 Å². The zero-order chi connectivity index (χ0) is 15.4. The smallest absolute Gasteiger partial charge is 0.221 e. The monoisotopic (exact) mass is 304 g/mol. The average Bonchev–Trinajstić information content (AvgIpc) is 2.86. The Bertz CT molecular complexity index is 637. The molecule has 0 spiro atoms. The predicted molar refractivity (Wildman–Crippen MR) is 88.4 cm³/mol. The van der Waals surface area contributed by atoms with Crippen molar-refractivity contribution in [1.29, 1.82) is 0 Å². The fourth-order valence-electron chi connectivity index (χ4n) is 2.22. The maximum Gasteiger partial charge on any atom is 0.221 e. The van der Waals surface area contributed by atoms with E-state index in [9.17, 15) is 4.79 Å². The Morgan fingerprint density at radius 2 is 2.10 bits per heavy atom. The SMILES string of the molecule is COc1cc(NC(C)c2sccc2C)ccc1NC(C)=O. The van der Waals surface area contributed by atoms with Crippen LogP contribution in [0.4, 0.5) is 11.4 Å². The Hall–Kier alpha value is -2.01. The number of thiophene rings is 1. The third kappa shape index (κ3) is 3.76. The van der Waals surface area contributed by atoms with Gasteiger partial charge in [-0.3, -0.25) is 4.79 Å². The lowest BCUT2D eigenvalue weighted by atomic mass is 10.1. The molecule has 1 atom stereocenters. The van der Waals surface area contributed by atoms with Gasteiger partial charge in [-0.2, -0.15) is 0 Å². The van der Waals surface area contributed by atoms with Crippen LogP contribution in [0.15, 0.2) is 29.6 Å². The molecule has 2 N–H and O–H groups in total. The Morgan fingerprint density at radius 1 is 1.33 bits per heavy atom. The molecule has 0 aliphatic rings. The van der Waals surface area contributed by atoms with Crippen molar-refractivity contribution in [2.45, 2.75) is 26.8 Å². The molecule has 0 radical (unpaired) electrons. The maximum absolute atomic E-state index is 11.2. The summed E-state index contributed by atoms with van der Waals surface area (Å²) in [6, 6.07) is 8.02. The number of rotatable bonds is 5. The maximum atomic E-state index is 11.2. The molecule has 0 fully saturated rings. The third-order valence-electron chi connectivity index (χ3n) is 3.19. The molecule has 0 saturated heterocycles. The number of nitrogens with one attached hydrogen (secondary N) is 2. The van der Waals surface area contributed by atoms with Crippen LogP contribution in [-0.2, 0) is 4.79 Å². The highest BCUT2D eigenvalue weighted by molar-refractivity contribution is 7.10. The first-order chi connectivity index (χ1) is 10.0. The van der Waals surface area contributed by atoms with Crippen molar-refractivity contribution < 1.29 is 9.53 Å². The topological polar surface area (TPSA) is 50.4 Å². The Labute approximate surface area is 129 Å². The summed E-state index contributed by atoms with van der Waals surface area (Å²) in [6.45, 7) is 5.73. The molecule has 5 heteroatoms. The van der Waals surface area contributed by atoms with Crippen LogP contribution in [0.2, 0.25) is 0 Å². The molecular weight excluding hydrogens is 284 g/mol. The lowest BCUT2D eigenvalue weighted by Gasteiger charge is -2.17. The van der Waals surface area contributed by atoms with E-state index in [-0.39, 0.29) is 11.9 Å². The van der Waals surface area contributed by atoms with Crippen LogP contribution in [0.5, 0.6) is 5.75 Å². The van der Waals surface area contributed by atoms with Gasteiger partial charge in [0, 0.05) is 23.6 Å². The van der Waals surface area contributed by atoms with Gasteiger partial charge in [0.15, 0.2) is 0 Å². The fourth-order valence-corrected chi connectivity index (χ4v) is 3.15. The Morgan fingerprint density at radius 3 is 2.67 bits per heavy atom. The van der Waals surface area contributed by atoms with Crippen LogP contribution in [0, 0.1) is 6.92 Å². The van der Waals surface area contributed by atoms with Crippen molar-refractivity contribution in [2.75, 3.05) is 17.7 Å². The first-order valence-corrected chi connectivity index (χ1v) is 7.65. The van der Waals surface area contributed by atoms with E-state index in [1.54, 1.807) is 18.4 Å². The molecule has 1 aromatic heterocycles. The normalized spacial score (nSPS) is 11.8. The number of amides is 1. The fraction of sp³-hybridized carbons (Fsp3) is 0.312. The van der Waals surface area contributed by atoms with Crippen molar-refractivity contribution in [3.05, 3.63) is 40.1 Å². The van der Waals surface area contributed by atoms with Gasteiger partial charge in [0.2, 0.25) is 5.91 Å². The molecule has 1 amide bonds. The van der Waals surface area contributed by atoms with E-state index < -0.39 is 0 Å². The number of ether oxygens (including phenoxy) is 1. The van der Waals surface area contributed by atoms with Crippen LogP contribution in [-0.4, -0.2) is 13.0 Å². The number of hydrogen-bond acceptors (Lipinski definition) is 4. The number of methoxy groups -OCH3 is 1. The van der Waals surface area contributed by atoms with Crippen LogP contribution in [0.1, 0.15) is 30.3 Å². The Balaban J connectivity index is 2.17. The number of anilines is 2. The van der Waals surface area contributed by atoms with Crippen LogP contribution < -0.4 is 15.4 Å². The van der Waals surface area contributed by atoms with E-state index in [1.807, 2.05) is 18.2 Å². The molecule has 1 unspecified atom stereocenters. The first kappa shape index (κ1) is 15.4. The second kappa shape index (κ2) is 6.63. The van der Waals surface area contributed by atoms with E-state index >= 15 is 0 Å². The highest BCUT2D eigenvalue weighted by Gasteiger charge is 2.11. The zero-order valence-electron chi connectivity index (χ0n) is 12.7. The summed E-state index contributed by atoms with van der Waals surface area (Å²) >= 11 is 1.75. The van der Waals surface area contributed by atoms with Gasteiger partial charge < -0.3 is 15.4 Å². The van der Waals surface area contributed by atoms with Gasteiger partial charge >= 0.3 is 0 Å². The highest BCUT2D eigenvalue weighted by atomic mass is 32.1. The van der Waals surface area contributed by atoms with Crippen molar-refractivity contribution in [3.63, 3.8) is 0 Å². The summed E-state index contributed by atoms with van der Waals surface area (Å²) in [4.78, 5) is 12.5. The standard InChI is InChI=1S/C16H20N2O2S/c1-10-7-8-21-16(10)11(2)17-13-5-6-14(18-12(3)19)15(9-13)20-4/h5-9,11,17H,1-4H3,(H,18,19). The van der Waals surface area contributed by atoms with Crippen LogP contribution >= 0.6 is 11.3 Å². The van der Waals surface area contributed by atoms with E-state index in [0.29, 0.717) is 11.4 Å². The van der Waals surface area contributed by atoms with Crippen LogP contribution in [0.3, 0.4) is 0 Å². The molecule has 4 nitrogen and oxygen atoms in total. The molecule has 0 saturated carbocycles. The van der Waals surface area contributed by atoms with Crippen molar-refractivity contribution in [3.8, 4) is 5.75 Å². The van der Waals surface area contributed by atoms with Gasteiger partial charge in [-0.1, -0.05) is 0 Å². The van der Waals surface area contributed by atoms with Crippen molar-refractivity contribution >= 4 is 28.6 Å². The minimum Gasteiger partial charge on any atom is -0.494 e. The van der Waals surface area contributed by atoms with Gasteiger partial charge in [-0.15, -0.1) is 11.3 Å². The molecule has 0 aliphatic carbocycles. The molecule has 0 aliphatic heterocycles. The van der Waals surface area contributed by atoms with E-state index in [0.717, 1.165) is 5.69 Å². The minimum absolute atomic E-state index is 0.114. The minimum atomic E-state index is -0.114. The number of aryl methyl sites for hydroxylation is 1. The molecule has 112 valence electrons. The summed E-state index contributed by atoms with van der Waals surface area (Å²) < 4.78 is 5.33. The van der Waals surface area contributed by atoms with Gasteiger partial charge in [0.25, 0.3) is 0 Å². The lowest BCUT2D eigenvalue weighted by molar-refractivity contribution is -0.114. The van der Waals surface area contributed by atoms with E-state index in [2.05, 4.69) is 35.9 Å². The molecular formula is C16H20N2O2S. The number of benzene rings is 1. The quantitative estimate of drug-likeness (QED) is 0.870. The summed E-state index contributed by atoms with van der Waals surface area (Å²) in [5, 5.41) is 8.31. The lowest BCUT2D eigenvalue weighted by Crippen LogP contribution is -2.09. The molecule has 0 bridgehead atoms. The van der Waals surface area contributed by atoms with Crippen molar-refractivity contribution in [2.24, 2.45) is 0 Å². The van der Waals surface area contributed by atoms with Gasteiger partial charge in [0.1, 0.15) is 5.75 Å². The number of hydrogen-bond donors (Lipinski definition) is 2. The largest absolute Gasteiger partial charge is 0.494 e. The summed E-state index contributed by atoms with van der Waals surface area (Å²) in [6.07, 6.45) is 0. The second-order valence-electron chi connectivity index (χ2n) is 4.93. The highest BCUT2D eigenvalue weighted by Crippen LogP contribution is 2.31. The molecule has 1 aromatic carbocycles. The van der Waals surface area contributed by atoms with Gasteiger partial charge in [-0.25, -0.2) is 0 Å². The zero-order valence-corrected chi connectivity index (χ0v) is 13.5. The third-order valence-corrected chi connectivity index (χ3v) is 4.39. The van der Waals surface area contributed by atoms with E-state index in [4.69, 9.17) is 4.74 Å². The van der Waals surface area contributed by atoms with E-state index in [1.165, 1.54) is 17.4 Å². The number of carbonyl (C=O) groups excluding carboxylic acids is 1. The first-order valence-electron chi connectivity index (χ1n) is 6.77. The van der Waals surface area contributed by atoms with Gasteiger partial charge in [-0.05, 0) is 43.0 Å².